The van der Waals surface area contributed by atoms with Crippen LogP contribution in [0.2, 0.25) is 0 Å². The van der Waals surface area contributed by atoms with E-state index in [1.807, 2.05) is 0 Å². The van der Waals surface area contributed by atoms with E-state index in [9.17, 15) is 0 Å². The van der Waals surface area contributed by atoms with Crippen LogP contribution in [0.5, 0.6) is 0 Å². The van der Waals surface area contributed by atoms with Gasteiger partial charge in [-0.1, -0.05) is 20.8 Å². The molecule has 0 radical (unpaired) electrons. The number of hydrogen-bond acceptors (Lipinski definition) is 3. The van der Waals surface area contributed by atoms with Gasteiger partial charge in [-0.15, -0.1) is 0 Å². The van der Waals surface area contributed by atoms with Gasteiger partial charge in [-0.25, -0.2) is 0 Å². The SMILES string of the molecule is CCNC(=NCC(C)CN1CCN(C)CC1)NC1CCC(C(C)C)CC1. The molecule has 1 atom stereocenters. The zero-order valence-electron chi connectivity index (χ0n) is 17.9. The van der Waals surface area contributed by atoms with Gasteiger partial charge >= 0.3 is 0 Å². The minimum atomic E-state index is 0.593. The number of hydrogen-bond donors (Lipinski definition) is 2. The van der Waals surface area contributed by atoms with Gasteiger partial charge in [0.1, 0.15) is 0 Å². The summed E-state index contributed by atoms with van der Waals surface area (Å²) in [6, 6.07) is 0.593. The van der Waals surface area contributed by atoms with E-state index >= 15 is 0 Å². The van der Waals surface area contributed by atoms with E-state index in [0.29, 0.717) is 12.0 Å². The number of nitrogens with one attached hydrogen (secondary N) is 2. The van der Waals surface area contributed by atoms with Crippen molar-refractivity contribution < 1.29 is 0 Å². The molecular formula is C21H43N5. The average Bonchev–Trinajstić information content (AvgIpc) is 2.62. The summed E-state index contributed by atoms with van der Waals surface area (Å²) >= 11 is 0. The van der Waals surface area contributed by atoms with Crippen LogP contribution in [-0.2, 0) is 0 Å². The van der Waals surface area contributed by atoms with Crippen LogP contribution in [0.3, 0.4) is 0 Å². The maximum Gasteiger partial charge on any atom is 0.191 e. The van der Waals surface area contributed by atoms with Crippen molar-refractivity contribution in [1.82, 2.24) is 20.4 Å². The van der Waals surface area contributed by atoms with Gasteiger partial charge in [0.25, 0.3) is 0 Å². The van der Waals surface area contributed by atoms with Crippen LogP contribution < -0.4 is 10.6 Å². The second-order valence-electron chi connectivity index (χ2n) is 8.93. The first-order chi connectivity index (χ1) is 12.5. The highest BCUT2D eigenvalue weighted by Crippen LogP contribution is 2.29. The normalized spacial score (nSPS) is 27.5. The third kappa shape index (κ3) is 7.43. The molecule has 0 aromatic heterocycles. The minimum Gasteiger partial charge on any atom is -0.357 e. The number of piperazine rings is 1. The molecule has 1 saturated carbocycles. The summed E-state index contributed by atoms with van der Waals surface area (Å²) in [6.07, 6.45) is 5.28. The van der Waals surface area contributed by atoms with Crippen LogP contribution in [0.4, 0.5) is 0 Å². The van der Waals surface area contributed by atoms with E-state index in [2.05, 4.69) is 55.2 Å². The monoisotopic (exact) mass is 365 g/mol. The Morgan fingerprint density at radius 3 is 2.27 bits per heavy atom. The molecule has 1 aliphatic heterocycles. The number of likely N-dealkylation sites (N-methyl/N-ethyl adjacent to an activating group) is 1. The predicted octanol–water partition coefficient (Wildman–Crippen LogP) is 2.64. The highest BCUT2D eigenvalue weighted by molar-refractivity contribution is 5.80. The summed E-state index contributed by atoms with van der Waals surface area (Å²) in [5.74, 6) is 3.36. The third-order valence-electron chi connectivity index (χ3n) is 6.13. The van der Waals surface area contributed by atoms with Crippen LogP contribution in [0.15, 0.2) is 4.99 Å². The lowest BCUT2D eigenvalue weighted by atomic mass is 9.80. The molecule has 26 heavy (non-hydrogen) atoms. The first-order valence-corrected chi connectivity index (χ1v) is 10.9. The zero-order chi connectivity index (χ0) is 18.9. The molecule has 1 aliphatic carbocycles. The highest BCUT2D eigenvalue weighted by Gasteiger charge is 2.23. The number of aliphatic imine (C=N–C) groups is 1. The molecule has 0 aromatic carbocycles. The molecule has 1 heterocycles. The maximum atomic E-state index is 4.90. The average molecular weight is 366 g/mol. The van der Waals surface area contributed by atoms with Gasteiger partial charge in [0.2, 0.25) is 0 Å². The fourth-order valence-electron chi connectivity index (χ4n) is 4.22. The van der Waals surface area contributed by atoms with Crippen LogP contribution in [-0.4, -0.2) is 74.7 Å². The van der Waals surface area contributed by atoms with E-state index < -0.39 is 0 Å². The van der Waals surface area contributed by atoms with Crippen molar-refractivity contribution >= 4 is 5.96 Å². The highest BCUT2D eigenvalue weighted by atomic mass is 15.2. The third-order valence-corrected chi connectivity index (χ3v) is 6.13. The minimum absolute atomic E-state index is 0.593. The van der Waals surface area contributed by atoms with Gasteiger partial charge in [-0.3, -0.25) is 4.99 Å². The van der Waals surface area contributed by atoms with E-state index in [-0.39, 0.29) is 0 Å². The summed E-state index contributed by atoms with van der Waals surface area (Å²) in [7, 11) is 2.22. The van der Waals surface area contributed by atoms with Crippen LogP contribution in [0.1, 0.15) is 53.4 Å². The second kappa shape index (κ2) is 11.1. The van der Waals surface area contributed by atoms with E-state index in [0.717, 1.165) is 37.4 Å². The standard InChI is InChI=1S/C21H43N5/c1-6-22-21(24-20-9-7-19(8-10-20)17(2)3)23-15-18(4)16-26-13-11-25(5)12-14-26/h17-20H,6-16H2,1-5H3,(H2,22,23,24). The fourth-order valence-corrected chi connectivity index (χ4v) is 4.22. The molecular weight excluding hydrogens is 322 g/mol. The van der Waals surface area contributed by atoms with E-state index in [1.165, 1.54) is 51.9 Å². The maximum absolute atomic E-state index is 4.90. The van der Waals surface area contributed by atoms with Crippen LogP contribution in [0.25, 0.3) is 0 Å². The smallest absolute Gasteiger partial charge is 0.191 e. The fraction of sp³-hybridized carbons (Fsp3) is 0.952. The molecule has 2 rings (SSSR count). The number of rotatable bonds is 7. The Balaban J connectivity index is 1.75. The van der Waals surface area contributed by atoms with Crippen molar-refractivity contribution in [2.45, 2.75) is 59.4 Å². The molecule has 5 nitrogen and oxygen atoms in total. The lowest BCUT2D eigenvalue weighted by Gasteiger charge is -2.34. The summed E-state index contributed by atoms with van der Waals surface area (Å²) in [5.41, 5.74) is 0. The van der Waals surface area contributed by atoms with Crippen LogP contribution >= 0.6 is 0 Å². The zero-order valence-corrected chi connectivity index (χ0v) is 17.9. The molecule has 0 bridgehead atoms. The van der Waals surface area contributed by atoms with Crippen molar-refractivity contribution in [2.75, 3.05) is 52.9 Å². The summed E-state index contributed by atoms with van der Waals surface area (Å²) < 4.78 is 0. The number of nitrogens with zero attached hydrogens (tertiary/aromatic N) is 3. The summed E-state index contributed by atoms with van der Waals surface area (Å²) in [5, 5.41) is 7.15. The van der Waals surface area contributed by atoms with Gasteiger partial charge in [-0.2, -0.15) is 0 Å². The van der Waals surface area contributed by atoms with Gasteiger partial charge in [-0.05, 0) is 57.4 Å². The van der Waals surface area contributed by atoms with E-state index in [1.54, 1.807) is 0 Å². The molecule has 5 heteroatoms. The lowest BCUT2D eigenvalue weighted by Crippen LogP contribution is -2.46. The topological polar surface area (TPSA) is 42.9 Å². The van der Waals surface area contributed by atoms with Crippen molar-refractivity contribution in [3.05, 3.63) is 0 Å². The predicted molar refractivity (Wildman–Crippen MR) is 113 cm³/mol. The molecule has 0 aromatic rings. The molecule has 2 N–H and O–H groups in total. The first kappa shape index (κ1) is 21.5. The Morgan fingerprint density at radius 1 is 1.04 bits per heavy atom. The Labute approximate surface area is 162 Å². The number of guanidine groups is 1. The molecule has 1 unspecified atom stereocenters. The van der Waals surface area contributed by atoms with E-state index in [4.69, 9.17) is 4.99 Å². The van der Waals surface area contributed by atoms with Gasteiger partial charge in [0.05, 0.1) is 0 Å². The molecule has 1 saturated heterocycles. The van der Waals surface area contributed by atoms with Gasteiger partial charge < -0.3 is 20.4 Å². The molecule has 2 fully saturated rings. The summed E-state index contributed by atoms with van der Waals surface area (Å²) in [6.45, 7) is 17.0. The Kier molecular flexibility index (Phi) is 9.20. The largest absolute Gasteiger partial charge is 0.357 e. The van der Waals surface area contributed by atoms with Gasteiger partial charge in [0.15, 0.2) is 5.96 Å². The quantitative estimate of drug-likeness (QED) is 0.538. The Morgan fingerprint density at radius 2 is 1.69 bits per heavy atom. The molecule has 0 amide bonds. The first-order valence-electron chi connectivity index (χ1n) is 10.9. The van der Waals surface area contributed by atoms with Gasteiger partial charge in [0, 0.05) is 51.9 Å². The Hall–Kier alpha value is -0.810. The van der Waals surface area contributed by atoms with Crippen molar-refractivity contribution in [1.29, 1.82) is 0 Å². The second-order valence-corrected chi connectivity index (χ2v) is 8.93. The molecule has 0 spiro atoms. The van der Waals surface area contributed by atoms with Crippen molar-refractivity contribution in [3.63, 3.8) is 0 Å². The lowest BCUT2D eigenvalue weighted by molar-refractivity contribution is 0.140. The molecule has 2 aliphatic rings. The Bertz CT molecular complexity index is 407. The van der Waals surface area contributed by atoms with Crippen molar-refractivity contribution in [2.24, 2.45) is 22.7 Å². The van der Waals surface area contributed by atoms with Crippen LogP contribution in [0, 0.1) is 17.8 Å². The van der Waals surface area contributed by atoms with Crippen molar-refractivity contribution in [3.8, 4) is 0 Å². The molecule has 152 valence electrons. The summed E-state index contributed by atoms with van der Waals surface area (Å²) in [4.78, 5) is 9.91.